The van der Waals surface area contributed by atoms with E-state index in [1.165, 1.54) is 12.1 Å². The number of nitrogens with zero attached hydrogens (tertiary/aromatic N) is 3. The van der Waals surface area contributed by atoms with Crippen molar-refractivity contribution in [1.82, 2.24) is 14.9 Å². The Morgan fingerprint density at radius 1 is 0.971 bits per heavy atom. The van der Waals surface area contributed by atoms with Crippen LogP contribution in [0.25, 0.3) is 0 Å². The quantitative estimate of drug-likeness (QED) is 0.466. The number of rotatable bonds is 7. The second-order valence-corrected chi connectivity index (χ2v) is 15.4. The van der Waals surface area contributed by atoms with Gasteiger partial charge in [0.2, 0.25) is 0 Å². The second kappa shape index (κ2) is 9.30. The first-order chi connectivity index (χ1) is 16.0. The fourth-order valence-electron chi connectivity index (χ4n) is 4.37. The fraction of sp³-hybridized carbons (Fsp3) is 0.407. The Kier molecular flexibility index (Phi) is 6.75. The van der Waals surface area contributed by atoms with Crippen molar-refractivity contribution >= 4 is 8.32 Å². The van der Waals surface area contributed by atoms with Crippen molar-refractivity contribution in [1.29, 1.82) is 0 Å². The number of hydrogen-bond donors (Lipinski definition) is 1. The molecule has 180 valence electrons. The van der Waals surface area contributed by atoms with Crippen LogP contribution in [0, 0.1) is 5.82 Å². The highest BCUT2D eigenvalue weighted by Gasteiger charge is 2.50. The molecular weight excluding hydrogens is 445 g/mol. The van der Waals surface area contributed by atoms with Gasteiger partial charge in [-0.25, -0.2) is 4.39 Å². The summed E-state index contributed by atoms with van der Waals surface area (Å²) in [5, 5.41) is 12.6. The third kappa shape index (κ3) is 4.70. The van der Waals surface area contributed by atoms with E-state index < -0.39 is 20.0 Å². The van der Waals surface area contributed by atoms with E-state index >= 15 is 0 Å². The van der Waals surface area contributed by atoms with Gasteiger partial charge < -0.3 is 9.53 Å². The summed E-state index contributed by atoms with van der Waals surface area (Å²) in [5.74, 6) is -0.309. The van der Waals surface area contributed by atoms with E-state index in [1.54, 1.807) is 36.9 Å². The molecule has 0 bridgehead atoms. The lowest BCUT2D eigenvalue weighted by Crippen LogP contribution is -2.61. The van der Waals surface area contributed by atoms with Gasteiger partial charge in [-0.05, 0) is 48.0 Å². The van der Waals surface area contributed by atoms with Crippen LogP contribution in [0.1, 0.15) is 43.5 Å². The fourth-order valence-corrected chi connectivity index (χ4v) is 5.70. The third-order valence-electron chi connectivity index (χ3n) is 7.29. The molecule has 0 saturated carbocycles. The molecule has 3 aromatic rings. The molecule has 1 aromatic carbocycles. The number of aliphatic hydroxyl groups is 1. The Labute approximate surface area is 202 Å². The maximum Gasteiger partial charge on any atom is 0.192 e. The summed E-state index contributed by atoms with van der Waals surface area (Å²) in [6.45, 7) is 12.6. The first kappa shape index (κ1) is 24.7. The van der Waals surface area contributed by atoms with Crippen LogP contribution in [-0.4, -0.2) is 47.5 Å². The van der Waals surface area contributed by atoms with E-state index in [-0.39, 0.29) is 17.0 Å². The normalized spacial score (nSPS) is 16.8. The van der Waals surface area contributed by atoms with Gasteiger partial charge in [0, 0.05) is 49.0 Å². The predicted molar refractivity (Wildman–Crippen MR) is 134 cm³/mol. The number of likely N-dealkylation sites (tertiary alicyclic amines) is 1. The molecule has 1 aliphatic heterocycles. The lowest BCUT2D eigenvalue weighted by molar-refractivity contribution is -0.0904. The van der Waals surface area contributed by atoms with Gasteiger partial charge in [0.25, 0.3) is 0 Å². The Morgan fingerprint density at radius 2 is 1.50 bits per heavy atom. The zero-order valence-electron chi connectivity index (χ0n) is 20.6. The molecule has 1 atom stereocenters. The van der Waals surface area contributed by atoms with Crippen molar-refractivity contribution in [3.63, 3.8) is 0 Å². The van der Waals surface area contributed by atoms with Gasteiger partial charge in [-0.15, -0.1) is 0 Å². The van der Waals surface area contributed by atoms with Crippen molar-refractivity contribution < 1.29 is 13.9 Å². The van der Waals surface area contributed by atoms with Gasteiger partial charge in [-0.3, -0.25) is 14.9 Å². The molecule has 4 rings (SSSR count). The summed E-state index contributed by atoms with van der Waals surface area (Å²) in [6, 6.07) is 13.3. The minimum absolute atomic E-state index is 0.0934. The van der Waals surface area contributed by atoms with Crippen molar-refractivity contribution in [2.45, 2.75) is 56.7 Å². The standard InChI is InChI=1S/C27H34FN3O2Si/c1-26(2,3)34(4,5)33-24-18-31(19-24)25(20-10-12-23(28)13-11-20)27(32,21-8-6-14-29-16-21)22-9-7-15-30-17-22/h6-17,24-25,32H,18-19H2,1-5H3. The Morgan fingerprint density at radius 3 is 1.94 bits per heavy atom. The molecule has 1 fully saturated rings. The monoisotopic (exact) mass is 479 g/mol. The van der Waals surface area contributed by atoms with E-state index in [0.29, 0.717) is 24.2 Å². The average molecular weight is 480 g/mol. The molecule has 5 nitrogen and oxygen atoms in total. The molecule has 1 N–H and O–H groups in total. The summed E-state index contributed by atoms with van der Waals surface area (Å²) < 4.78 is 20.5. The van der Waals surface area contributed by atoms with Crippen molar-refractivity contribution in [3.05, 3.63) is 95.8 Å². The molecule has 3 heterocycles. The summed E-state index contributed by atoms with van der Waals surface area (Å²) in [4.78, 5) is 10.8. The summed E-state index contributed by atoms with van der Waals surface area (Å²) in [7, 11) is -1.92. The Hall–Kier alpha value is -2.45. The molecular formula is C27H34FN3O2Si. The number of hydrogen-bond acceptors (Lipinski definition) is 5. The highest BCUT2D eigenvalue weighted by Crippen LogP contribution is 2.47. The van der Waals surface area contributed by atoms with Crippen LogP contribution in [0.3, 0.4) is 0 Å². The molecule has 0 radical (unpaired) electrons. The molecule has 2 aromatic heterocycles. The minimum atomic E-state index is -1.92. The van der Waals surface area contributed by atoms with Crippen molar-refractivity contribution in [2.24, 2.45) is 0 Å². The van der Waals surface area contributed by atoms with E-state index in [2.05, 4.69) is 48.7 Å². The summed E-state index contributed by atoms with van der Waals surface area (Å²) in [6.07, 6.45) is 6.84. The van der Waals surface area contributed by atoms with Crippen LogP contribution in [0.2, 0.25) is 18.1 Å². The minimum Gasteiger partial charge on any atom is -0.411 e. The van der Waals surface area contributed by atoms with E-state index in [9.17, 15) is 9.50 Å². The molecule has 1 saturated heterocycles. The number of halogens is 1. The van der Waals surface area contributed by atoms with E-state index in [1.807, 2.05) is 24.3 Å². The Balaban J connectivity index is 1.74. The molecule has 1 unspecified atom stereocenters. The number of aromatic nitrogens is 2. The topological polar surface area (TPSA) is 58.5 Å². The molecule has 1 aliphatic rings. The van der Waals surface area contributed by atoms with Gasteiger partial charge in [0.15, 0.2) is 8.32 Å². The summed E-state index contributed by atoms with van der Waals surface area (Å²) in [5.41, 5.74) is 0.696. The lowest BCUT2D eigenvalue weighted by Gasteiger charge is -2.52. The number of benzene rings is 1. The highest BCUT2D eigenvalue weighted by atomic mass is 28.4. The van der Waals surface area contributed by atoms with Crippen LogP contribution < -0.4 is 0 Å². The van der Waals surface area contributed by atoms with Crippen LogP contribution in [-0.2, 0) is 10.0 Å². The molecule has 0 aliphatic carbocycles. The molecule has 34 heavy (non-hydrogen) atoms. The SMILES string of the molecule is CC(C)(C)[Si](C)(C)OC1CN(C(c2ccc(F)cc2)C(O)(c2cccnc2)c2cccnc2)C1. The maximum absolute atomic E-state index is 13.8. The zero-order valence-corrected chi connectivity index (χ0v) is 21.6. The summed E-state index contributed by atoms with van der Waals surface area (Å²) >= 11 is 0. The van der Waals surface area contributed by atoms with Crippen LogP contribution in [0.4, 0.5) is 4.39 Å². The molecule has 0 amide bonds. The van der Waals surface area contributed by atoms with Gasteiger partial charge >= 0.3 is 0 Å². The number of pyridine rings is 2. The lowest BCUT2D eigenvalue weighted by atomic mass is 9.76. The molecule has 7 heteroatoms. The first-order valence-electron chi connectivity index (χ1n) is 11.7. The Bertz CT molecular complexity index is 1040. The average Bonchev–Trinajstić information content (AvgIpc) is 2.79. The highest BCUT2D eigenvalue weighted by molar-refractivity contribution is 6.74. The van der Waals surface area contributed by atoms with Gasteiger partial charge in [0.05, 0.1) is 12.1 Å². The second-order valence-electron chi connectivity index (χ2n) is 10.7. The van der Waals surface area contributed by atoms with E-state index in [4.69, 9.17) is 4.43 Å². The van der Waals surface area contributed by atoms with E-state index in [0.717, 1.165) is 5.56 Å². The first-order valence-corrected chi connectivity index (χ1v) is 14.6. The van der Waals surface area contributed by atoms with Gasteiger partial charge in [-0.2, -0.15) is 0 Å². The van der Waals surface area contributed by atoms with Crippen molar-refractivity contribution in [3.8, 4) is 0 Å². The largest absolute Gasteiger partial charge is 0.411 e. The third-order valence-corrected chi connectivity index (χ3v) is 11.8. The van der Waals surface area contributed by atoms with Gasteiger partial charge in [0.1, 0.15) is 11.4 Å². The predicted octanol–water partition coefficient (Wildman–Crippen LogP) is 5.30. The van der Waals surface area contributed by atoms with Crippen molar-refractivity contribution in [2.75, 3.05) is 13.1 Å². The maximum atomic E-state index is 13.8. The van der Waals surface area contributed by atoms with Crippen LogP contribution in [0.15, 0.2) is 73.3 Å². The molecule has 0 spiro atoms. The van der Waals surface area contributed by atoms with Crippen LogP contribution >= 0.6 is 0 Å². The van der Waals surface area contributed by atoms with Gasteiger partial charge in [-0.1, -0.05) is 45.0 Å². The zero-order chi connectivity index (χ0) is 24.6. The smallest absolute Gasteiger partial charge is 0.192 e. The van der Waals surface area contributed by atoms with Crippen LogP contribution in [0.5, 0.6) is 0 Å².